The van der Waals surface area contributed by atoms with Crippen molar-refractivity contribution in [1.82, 2.24) is 15.5 Å². The zero-order valence-corrected chi connectivity index (χ0v) is 17.6. The number of amides is 2. The van der Waals surface area contributed by atoms with Crippen LogP contribution in [-0.4, -0.2) is 40.8 Å². The highest BCUT2D eigenvalue weighted by atomic mass is 32.2. The first-order valence-electron chi connectivity index (χ1n) is 9.90. The Morgan fingerprint density at radius 2 is 2.10 bits per heavy atom. The van der Waals surface area contributed by atoms with Gasteiger partial charge in [-0.2, -0.15) is 0 Å². The van der Waals surface area contributed by atoms with Crippen molar-refractivity contribution in [2.45, 2.75) is 17.4 Å². The van der Waals surface area contributed by atoms with Gasteiger partial charge in [0.05, 0.1) is 5.69 Å². The maximum atomic E-state index is 13.0. The van der Waals surface area contributed by atoms with E-state index < -0.39 is 11.9 Å². The summed E-state index contributed by atoms with van der Waals surface area (Å²) < 4.78 is 5.32. The summed E-state index contributed by atoms with van der Waals surface area (Å²) in [5.74, 6) is 0.441. The number of hydrogen-bond donors (Lipinski definition) is 2. The Kier molecular flexibility index (Phi) is 4.99. The monoisotopic (exact) mass is 432 g/mol. The highest BCUT2D eigenvalue weighted by Gasteiger charge is 2.31. The van der Waals surface area contributed by atoms with Gasteiger partial charge < -0.3 is 19.7 Å². The van der Waals surface area contributed by atoms with E-state index in [9.17, 15) is 9.59 Å². The molecule has 7 nitrogen and oxygen atoms in total. The Morgan fingerprint density at radius 1 is 1.26 bits per heavy atom. The SMILES string of the molecule is CN1C(=O)[C@@H](NC(=O)c2cc(Cc3ccccc3)on2)CSc2cc3[nH]ccc3cc21. The smallest absolute Gasteiger partial charge is 0.274 e. The molecular formula is C23H20N4O3S. The molecule has 0 fully saturated rings. The van der Waals surface area contributed by atoms with Gasteiger partial charge in [0.25, 0.3) is 5.91 Å². The first kappa shape index (κ1) is 19.4. The van der Waals surface area contributed by atoms with Gasteiger partial charge in [-0.15, -0.1) is 11.8 Å². The number of aromatic nitrogens is 2. The highest BCUT2D eigenvalue weighted by Crippen LogP contribution is 2.36. The molecular weight excluding hydrogens is 412 g/mol. The number of fused-ring (bicyclic) bond motifs is 2. The van der Waals surface area contributed by atoms with Crippen molar-refractivity contribution >= 4 is 40.2 Å². The molecule has 156 valence electrons. The molecule has 0 spiro atoms. The zero-order chi connectivity index (χ0) is 21.4. The number of carbonyl (C=O) groups is 2. The van der Waals surface area contributed by atoms with Crippen molar-refractivity contribution in [3.8, 4) is 0 Å². The molecule has 0 saturated carbocycles. The summed E-state index contributed by atoms with van der Waals surface area (Å²) in [6.45, 7) is 0. The van der Waals surface area contributed by atoms with Crippen LogP contribution in [0.25, 0.3) is 10.9 Å². The molecule has 4 aromatic rings. The van der Waals surface area contributed by atoms with Gasteiger partial charge in [0, 0.05) is 47.3 Å². The Labute approximate surface area is 182 Å². The van der Waals surface area contributed by atoms with Crippen LogP contribution in [0.5, 0.6) is 0 Å². The average molecular weight is 433 g/mol. The lowest BCUT2D eigenvalue weighted by Crippen LogP contribution is -2.48. The van der Waals surface area contributed by atoms with Gasteiger partial charge in [0.1, 0.15) is 11.8 Å². The number of nitrogens with one attached hydrogen (secondary N) is 2. The summed E-state index contributed by atoms with van der Waals surface area (Å²) in [6.07, 6.45) is 2.42. The molecule has 0 bridgehead atoms. The molecule has 1 aliphatic rings. The number of H-pyrrole nitrogens is 1. The summed E-state index contributed by atoms with van der Waals surface area (Å²) in [7, 11) is 1.73. The van der Waals surface area contributed by atoms with Crippen molar-refractivity contribution in [2.24, 2.45) is 0 Å². The molecule has 2 aromatic heterocycles. The second kappa shape index (κ2) is 7.96. The largest absolute Gasteiger partial charge is 0.361 e. The second-order valence-electron chi connectivity index (χ2n) is 7.46. The van der Waals surface area contributed by atoms with E-state index in [1.54, 1.807) is 29.8 Å². The maximum absolute atomic E-state index is 13.0. The minimum atomic E-state index is -0.664. The summed E-state index contributed by atoms with van der Waals surface area (Å²) in [4.78, 5) is 31.6. The van der Waals surface area contributed by atoms with Gasteiger partial charge in [0.2, 0.25) is 5.91 Å². The molecule has 1 aliphatic heterocycles. The Bertz CT molecular complexity index is 1260. The van der Waals surface area contributed by atoms with Crippen LogP contribution < -0.4 is 10.2 Å². The number of carbonyl (C=O) groups excluding carboxylic acids is 2. The number of anilines is 1. The number of aromatic amines is 1. The third-order valence-corrected chi connectivity index (χ3v) is 6.48. The van der Waals surface area contributed by atoms with Crippen molar-refractivity contribution in [1.29, 1.82) is 0 Å². The van der Waals surface area contributed by atoms with Gasteiger partial charge >= 0.3 is 0 Å². The molecule has 0 aliphatic carbocycles. The minimum Gasteiger partial charge on any atom is -0.361 e. The fourth-order valence-corrected chi connectivity index (χ4v) is 4.80. The first-order chi connectivity index (χ1) is 15.1. The highest BCUT2D eigenvalue weighted by molar-refractivity contribution is 7.99. The van der Waals surface area contributed by atoms with Crippen LogP contribution in [0.15, 0.2) is 70.2 Å². The summed E-state index contributed by atoms with van der Waals surface area (Å²) in [5, 5.41) is 7.75. The number of nitrogens with zero attached hydrogens (tertiary/aromatic N) is 2. The van der Waals surface area contributed by atoms with Gasteiger partial charge in [0.15, 0.2) is 5.69 Å². The summed E-state index contributed by atoms with van der Waals surface area (Å²) in [6, 6.07) is 16.8. The number of thioether (sulfide) groups is 1. The minimum absolute atomic E-state index is 0.164. The average Bonchev–Trinajstić information content (AvgIpc) is 3.42. The number of rotatable bonds is 4. The zero-order valence-electron chi connectivity index (χ0n) is 16.8. The lowest BCUT2D eigenvalue weighted by Gasteiger charge is -2.21. The first-order valence-corrected chi connectivity index (χ1v) is 10.9. The fraction of sp³-hybridized carbons (Fsp3) is 0.174. The molecule has 0 radical (unpaired) electrons. The molecule has 0 unspecified atom stereocenters. The van der Waals surface area contributed by atoms with Crippen molar-refractivity contribution in [3.63, 3.8) is 0 Å². The molecule has 2 amide bonds. The van der Waals surface area contributed by atoms with Crippen molar-refractivity contribution in [3.05, 3.63) is 77.8 Å². The third kappa shape index (κ3) is 3.82. The quantitative estimate of drug-likeness (QED) is 0.514. The van der Waals surface area contributed by atoms with E-state index in [4.69, 9.17) is 4.52 Å². The molecule has 2 N–H and O–H groups in total. The fourth-order valence-electron chi connectivity index (χ4n) is 3.68. The van der Waals surface area contributed by atoms with Crippen LogP contribution in [0.1, 0.15) is 21.8 Å². The van der Waals surface area contributed by atoms with Crippen molar-refractivity contribution in [2.75, 3.05) is 17.7 Å². The predicted molar refractivity (Wildman–Crippen MR) is 119 cm³/mol. The standard InChI is InChI=1S/C23H20N4O3S/c1-27-20-10-15-7-8-24-17(15)12-21(20)31-13-19(23(27)29)25-22(28)18-11-16(30-26-18)9-14-5-3-2-4-6-14/h2-8,10-12,19,24H,9,13H2,1H3,(H,25,28)/t19-/m0/s1. The molecule has 5 rings (SSSR count). The van der Waals surface area contributed by atoms with Crippen LogP contribution >= 0.6 is 11.8 Å². The normalized spacial score (nSPS) is 16.2. The van der Waals surface area contributed by atoms with Gasteiger partial charge in [-0.3, -0.25) is 9.59 Å². The van der Waals surface area contributed by atoms with Crippen LogP contribution in [0.4, 0.5) is 5.69 Å². The Morgan fingerprint density at radius 3 is 2.94 bits per heavy atom. The second-order valence-corrected chi connectivity index (χ2v) is 8.52. The van der Waals surface area contributed by atoms with E-state index in [-0.39, 0.29) is 11.6 Å². The Balaban J connectivity index is 1.31. The van der Waals surface area contributed by atoms with Gasteiger partial charge in [-0.25, -0.2) is 0 Å². The predicted octanol–water partition coefficient (Wildman–Crippen LogP) is 3.61. The molecule has 1 atom stereocenters. The molecule has 0 saturated heterocycles. The van der Waals surface area contributed by atoms with Gasteiger partial charge in [-0.1, -0.05) is 35.5 Å². The Hall–Kier alpha value is -3.52. The summed E-state index contributed by atoms with van der Waals surface area (Å²) in [5.41, 5.74) is 3.09. The van der Waals surface area contributed by atoms with Crippen LogP contribution in [0.2, 0.25) is 0 Å². The van der Waals surface area contributed by atoms with E-state index in [0.717, 1.165) is 27.0 Å². The number of likely N-dealkylation sites (N-methyl/N-ethyl adjacent to an activating group) is 1. The van der Waals surface area contributed by atoms with E-state index >= 15 is 0 Å². The third-order valence-electron chi connectivity index (χ3n) is 5.35. The summed E-state index contributed by atoms with van der Waals surface area (Å²) >= 11 is 1.55. The molecule has 3 heterocycles. The number of hydrogen-bond acceptors (Lipinski definition) is 5. The van der Waals surface area contributed by atoms with Crippen LogP contribution in [-0.2, 0) is 11.2 Å². The lowest BCUT2D eigenvalue weighted by atomic mass is 10.1. The van der Waals surface area contributed by atoms with E-state index in [2.05, 4.69) is 15.5 Å². The molecule has 2 aromatic carbocycles. The lowest BCUT2D eigenvalue weighted by molar-refractivity contribution is -0.119. The van der Waals surface area contributed by atoms with E-state index in [1.807, 2.05) is 54.7 Å². The molecule has 31 heavy (non-hydrogen) atoms. The van der Waals surface area contributed by atoms with E-state index in [1.165, 1.54) is 0 Å². The molecule has 8 heteroatoms. The maximum Gasteiger partial charge on any atom is 0.274 e. The van der Waals surface area contributed by atoms with Crippen LogP contribution in [0.3, 0.4) is 0 Å². The van der Waals surface area contributed by atoms with Crippen LogP contribution in [0, 0.1) is 0 Å². The number of benzene rings is 2. The van der Waals surface area contributed by atoms with Crippen molar-refractivity contribution < 1.29 is 14.1 Å². The topological polar surface area (TPSA) is 91.2 Å². The van der Waals surface area contributed by atoms with E-state index in [0.29, 0.717) is 17.9 Å². The van der Waals surface area contributed by atoms with Gasteiger partial charge in [-0.05, 0) is 23.8 Å².